The van der Waals surface area contributed by atoms with E-state index in [4.69, 9.17) is 4.74 Å². The molecule has 0 unspecified atom stereocenters. The molecule has 0 radical (unpaired) electrons. The lowest BCUT2D eigenvalue weighted by molar-refractivity contribution is 0.205. The number of imidazole rings is 1. The molecular formula is C25H32N4O2. The summed E-state index contributed by atoms with van der Waals surface area (Å²) in [6, 6.07) is 12.4. The number of aromatic nitrogens is 2. The molecule has 0 amide bonds. The second kappa shape index (κ2) is 9.12. The number of piperazine rings is 1. The van der Waals surface area contributed by atoms with E-state index in [0.717, 1.165) is 49.7 Å². The lowest BCUT2D eigenvalue weighted by atomic mass is 10.0. The Hall–Kier alpha value is -2.83. The Bertz CT molecular complexity index is 1040. The van der Waals surface area contributed by atoms with Gasteiger partial charge in [-0.05, 0) is 42.7 Å². The standard InChI is InChI=1S/C25H32N4O2/c1-18-19(2)23(31-4)10-9-20(18)17-28-13-15-29(16-14-28)22-8-6-5-7-21(22)24(30)25-26-11-12-27(25)3/h5-12,24,30H,13-17H2,1-4H3/t24-/m1/s1. The SMILES string of the molecule is COc1ccc(CN2CCN(c3ccccc3[C@@H](O)c3nccn3C)CC2)c(C)c1C. The molecule has 164 valence electrons. The van der Waals surface area contributed by atoms with Crippen LogP contribution in [0, 0.1) is 13.8 Å². The molecule has 6 nitrogen and oxygen atoms in total. The molecule has 1 aliphatic rings. The summed E-state index contributed by atoms with van der Waals surface area (Å²) >= 11 is 0. The zero-order chi connectivity index (χ0) is 22.0. The number of aliphatic hydroxyl groups is 1. The second-order valence-electron chi connectivity index (χ2n) is 8.30. The van der Waals surface area contributed by atoms with Crippen LogP contribution in [0.5, 0.6) is 5.75 Å². The maximum absolute atomic E-state index is 11.0. The van der Waals surface area contributed by atoms with Crippen molar-refractivity contribution in [1.29, 1.82) is 0 Å². The largest absolute Gasteiger partial charge is 0.496 e. The van der Waals surface area contributed by atoms with E-state index < -0.39 is 6.10 Å². The molecule has 31 heavy (non-hydrogen) atoms. The smallest absolute Gasteiger partial charge is 0.142 e. The van der Waals surface area contributed by atoms with Crippen LogP contribution in [0.15, 0.2) is 48.8 Å². The molecule has 6 heteroatoms. The zero-order valence-electron chi connectivity index (χ0n) is 18.9. The van der Waals surface area contributed by atoms with Gasteiger partial charge in [-0.15, -0.1) is 0 Å². The monoisotopic (exact) mass is 420 g/mol. The van der Waals surface area contributed by atoms with Gasteiger partial charge >= 0.3 is 0 Å². The number of hydrogen-bond donors (Lipinski definition) is 1. The van der Waals surface area contributed by atoms with E-state index in [1.165, 1.54) is 16.7 Å². The summed E-state index contributed by atoms with van der Waals surface area (Å²) in [7, 11) is 3.64. The van der Waals surface area contributed by atoms with Crippen LogP contribution in [-0.2, 0) is 13.6 Å². The summed E-state index contributed by atoms with van der Waals surface area (Å²) in [6.45, 7) is 9.08. The van der Waals surface area contributed by atoms with Crippen LogP contribution >= 0.6 is 0 Å². The predicted octanol–water partition coefficient (Wildman–Crippen LogP) is 3.45. The molecule has 2 heterocycles. The minimum Gasteiger partial charge on any atom is -0.496 e. The van der Waals surface area contributed by atoms with E-state index in [2.05, 4.69) is 46.8 Å². The van der Waals surface area contributed by atoms with Crippen molar-refractivity contribution in [2.75, 3.05) is 38.2 Å². The number of methoxy groups -OCH3 is 1. The van der Waals surface area contributed by atoms with Crippen LogP contribution in [0.1, 0.15) is 34.2 Å². The molecule has 0 aliphatic carbocycles. The first-order valence-corrected chi connectivity index (χ1v) is 10.8. The zero-order valence-corrected chi connectivity index (χ0v) is 18.9. The second-order valence-corrected chi connectivity index (χ2v) is 8.30. The molecule has 1 aliphatic heterocycles. The maximum atomic E-state index is 11.0. The number of hydrogen-bond acceptors (Lipinski definition) is 5. The quantitative estimate of drug-likeness (QED) is 0.662. The van der Waals surface area contributed by atoms with Crippen LogP contribution in [-0.4, -0.2) is 52.8 Å². The summed E-state index contributed by atoms with van der Waals surface area (Å²) in [6.07, 6.45) is 2.85. The Morgan fingerprint density at radius 1 is 1.03 bits per heavy atom. The molecule has 1 fully saturated rings. The van der Waals surface area contributed by atoms with Gasteiger partial charge in [0.05, 0.1) is 7.11 Å². The van der Waals surface area contributed by atoms with Gasteiger partial charge in [0.2, 0.25) is 0 Å². The van der Waals surface area contributed by atoms with E-state index in [0.29, 0.717) is 5.82 Å². The maximum Gasteiger partial charge on any atom is 0.142 e. The highest BCUT2D eigenvalue weighted by atomic mass is 16.5. The van der Waals surface area contributed by atoms with Gasteiger partial charge in [-0.3, -0.25) is 4.90 Å². The Kier molecular flexibility index (Phi) is 6.30. The van der Waals surface area contributed by atoms with Gasteiger partial charge in [0.15, 0.2) is 0 Å². The molecule has 0 saturated carbocycles. The molecule has 0 bridgehead atoms. The summed E-state index contributed by atoms with van der Waals surface area (Å²) in [5.41, 5.74) is 5.89. The van der Waals surface area contributed by atoms with E-state index in [1.54, 1.807) is 13.3 Å². The van der Waals surface area contributed by atoms with Gasteiger partial charge in [0.1, 0.15) is 17.7 Å². The number of ether oxygens (including phenoxy) is 1. The van der Waals surface area contributed by atoms with Crippen molar-refractivity contribution in [3.8, 4) is 5.75 Å². The van der Waals surface area contributed by atoms with Gasteiger partial charge in [-0.1, -0.05) is 24.3 Å². The van der Waals surface area contributed by atoms with E-state index in [-0.39, 0.29) is 0 Å². The lowest BCUT2D eigenvalue weighted by Gasteiger charge is -2.37. The Labute approximate surface area is 184 Å². The third kappa shape index (κ3) is 4.31. The van der Waals surface area contributed by atoms with Gasteiger partial charge in [-0.2, -0.15) is 0 Å². The number of para-hydroxylation sites is 1. The first-order valence-electron chi connectivity index (χ1n) is 10.8. The van der Waals surface area contributed by atoms with E-state index >= 15 is 0 Å². The lowest BCUT2D eigenvalue weighted by Crippen LogP contribution is -2.46. The molecule has 0 spiro atoms. The third-order valence-electron chi connectivity index (χ3n) is 6.51. The van der Waals surface area contributed by atoms with Crippen molar-refractivity contribution in [3.05, 3.63) is 76.9 Å². The van der Waals surface area contributed by atoms with Crippen molar-refractivity contribution in [2.45, 2.75) is 26.5 Å². The molecule has 4 rings (SSSR count). The molecule has 1 saturated heterocycles. The number of aryl methyl sites for hydroxylation is 1. The predicted molar refractivity (Wildman–Crippen MR) is 124 cm³/mol. The van der Waals surface area contributed by atoms with Crippen molar-refractivity contribution in [2.24, 2.45) is 7.05 Å². The minimum absolute atomic E-state index is 0.663. The summed E-state index contributed by atoms with van der Waals surface area (Å²) < 4.78 is 7.33. The van der Waals surface area contributed by atoms with Gasteiger partial charge < -0.3 is 19.3 Å². The van der Waals surface area contributed by atoms with Crippen LogP contribution in [0.2, 0.25) is 0 Å². The summed E-state index contributed by atoms with van der Waals surface area (Å²) in [4.78, 5) is 9.22. The average molecular weight is 421 g/mol. The fourth-order valence-corrected chi connectivity index (χ4v) is 4.42. The van der Waals surface area contributed by atoms with Crippen molar-refractivity contribution in [3.63, 3.8) is 0 Å². The number of nitrogens with zero attached hydrogens (tertiary/aromatic N) is 4. The van der Waals surface area contributed by atoms with E-state index in [1.807, 2.05) is 36.0 Å². The molecule has 1 atom stereocenters. The van der Waals surface area contributed by atoms with Crippen molar-refractivity contribution >= 4 is 5.69 Å². The average Bonchev–Trinajstić information content (AvgIpc) is 3.23. The first-order chi connectivity index (χ1) is 15.0. The van der Waals surface area contributed by atoms with Crippen molar-refractivity contribution in [1.82, 2.24) is 14.5 Å². The van der Waals surface area contributed by atoms with Crippen molar-refractivity contribution < 1.29 is 9.84 Å². The van der Waals surface area contributed by atoms with E-state index in [9.17, 15) is 5.11 Å². The number of benzene rings is 2. The fraction of sp³-hybridized carbons (Fsp3) is 0.400. The fourth-order valence-electron chi connectivity index (χ4n) is 4.42. The molecule has 2 aromatic carbocycles. The number of aliphatic hydroxyl groups excluding tert-OH is 1. The van der Waals surface area contributed by atoms with Crippen LogP contribution < -0.4 is 9.64 Å². The highest BCUT2D eigenvalue weighted by molar-refractivity contribution is 5.56. The Morgan fingerprint density at radius 2 is 1.77 bits per heavy atom. The molecule has 1 aromatic heterocycles. The Balaban J connectivity index is 1.45. The summed E-state index contributed by atoms with van der Waals surface area (Å²) in [5.74, 6) is 1.62. The van der Waals surface area contributed by atoms with Crippen LogP contribution in [0.3, 0.4) is 0 Å². The topological polar surface area (TPSA) is 53.8 Å². The normalized spacial score (nSPS) is 15.8. The number of anilines is 1. The van der Waals surface area contributed by atoms with Crippen LogP contribution in [0.25, 0.3) is 0 Å². The third-order valence-corrected chi connectivity index (χ3v) is 6.51. The van der Waals surface area contributed by atoms with Crippen LogP contribution in [0.4, 0.5) is 5.69 Å². The van der Waals surface area contributed by atoms with Gasteiger partial charge in [0, 0.05) is 63.4 Å². The molecular weight excluding hydrogens is 388 g/mol. The molecule has 3 aromatic rings. The molecule has 1 N–H and O–H groups in total. The van der Waals surface area contributed by atoms with Gasteiger partial charge in [-0.25, -0.2) is 4.98 Å². The minimum atomic E-state index is -0.737. The van der Waals surface area contributed by atoms with Gasteiger partial charge in [0.25, 0.3) is 0 Å². The highest BCUT2D eigenvalue weighted by Gasteiger charge is 2.24. The first kappa shape index (κ1) is 21.4. The highest BCUT2D eigenvalue weighted by Crippen LogP contribution is 2.31. The summed E-state index contributed by atoms with van der Waals surface area (Å²) in [5, 5.41) is 11.0. The number of rotatable bonds is 6. The Morgan fingerprint density at radius 3 is 2.45 bits per heavy atom.